The van der Waals surface area contributed by atoms with Gasteiger partial charge in [0.25, 0.3) is 0 Å². The number of anilines is 1. The Hall–Kier alpha value is -2.41. The van der Waals surface area contributed by atoms with E-state index in [-0.39, 0.29) is 11.8 Å². The number of fused-ring (bicyclic) bond motifs is 1. The molecule has 162 valence electrons. The van der Waals surface area contributed by atoms with Crippen LogP contribution >= 0.6 is 23.2 Å². The minimum Gasteiger partial charge on any atom is -0.352 e. The van der Waals surface area contributed by atoms with Gasteiger partial charge in [-0.3, -0.25) is 4.79 Å². The van der Waals surface area contributed by atoms with Gasteiger partial charge in [-0.15, -0.1) is 0 Å². The SMILES string of the molecule is CNCCC(C(=O)N1CCN(c2ncnc3ccccc23)CC1)c1ccc(Cl)c(Cl)c1. The highest BCUT2D eigenvalue weighted by atomic mass is 35.5. The number of hydrogen-bond acceptors (Lipinski definition) is 5. The largest absolute Gasteiger partial charge is 0.352 e. The van der Waals surface area contributed by atoms with Crippen LogP contribution in [0.15, 0.2) is 48.8 Å². The number of carbonyl (C=O) groups excluding carboxylic acids is 1. The van der Waals surface area contributed by atoms with Crippen LogP contribution in [0.5, 0.6) is 0 Å². The number of rotatable bonds is 6. The molecule has 1 amide bonds. The molecule has 1 unspecified atom stereocenters. The first-order chi connectivity index (χ1) is 15.1. The highest BCUT2D eigenvalue weighted by Gasteiger charge is 2.29. The molecule has 1 saturated heterocycles. The Kier molecular flexibility index (Phi) is 6.90. The highest BCUT2D eigenvalue weighted by molar-refractivity contribution is 6.42. The number of benzene rings is 2. The fraction of sp³-hybridized carbons (Fsp3) is 0.348. The summed E-state index contributed by atoms with van der Waals surface area (Å²) in [6, 6.07) is 13.5. The van der Waals surface area contributed by atoms with E-state index in [9.17, 15) is 4.79 Å². The molecule has 0 aliphatic carbocycles. The van der Waals surface area contributed by atoms with E-state index in [1.54, 1.807) is 12.4 Å². The van der Waals surface area contributed by atoms with Gasteiger partial charge in [-0.1, -0.05) is 41.4 Å². The predicted octanol–water partition coefficient (Wildman–Crippen LogP) is 3.98. The van der Waals surface area contributed by atoms with Gasteiger partial charge >= 0.3 is 0 Å². The van der Waals surface area contributed by atoms with Gasteiger partial charge in [0, 0.05) is 31.6 Å². The van der Waals surface area contributed by atoms with Crippen molar-refractivity contribution in [3.8, 4) is 0 Å². The molecule has 3 aromatic rings. The molecule has 31 heavy (non-hydrogen) atoms. The Morgan fingerprint density at radius 1 is 1.06 bits per heavy atom. The summed E-state index contributed by atoms with van der Waals surface area (Å²) >= 11 is 12.3. The molecule has 1 atom stereocenters. The molecule has 2 heterocycles. The number of nitrogens with zero attached hydrogens (tertiary/aromatic N) is 4. The lowest BCUT2D eigenvalue weighted by Gasteiger charge is -2.37. The van der Waals surface area contributed by atoms with Gasteiger partial charge in [-0.05, 0) is 49.8 Å². The Balaban J connectivity index is 1.49. The summed E-state index contributed by atoms with van der Waals surface area (Å²) in [5, 5.41) is 5.15. The van der Waals surface area contributed by atoms with Gasteiger partial charge in [-0.2, -0.15) is 0 Å². The Labute approximate surface area is 192 Å². The van der Waals surface area contributed by atoms with Crippen LogP contribution in [-0.2, 0) is 4.79 Å². The van der Waals surface area contributed by atoms with Crippen LogP contribution in [0, 0.1) is 0 Å². The number of amides is 1. The number of nitrogens with one attached hydrogen (secondary N) is 1. The standard InChI is InChI=1S/C23H25Cl2N5O/c1-26-9-8-17(16-6-7-19(24)20(25)14-16)23(31)30-12-10-29(11-13-30)22-18-4-2-3-5-21(18)27-15-28-22/h2-7,14-15,17,26H,8-13H2,1H3. The van der Waals surface area contributed by atoms with E-state index in [4.69, 9.17) is 23.2 Å². The van der Waals surface area contributed by atoms with Crippen LogP contribution < -0.4 is 10.2 Å². The average molecular weight is 458 g/mol. The Bertz CT molecular complexity index is 1060. The van der Waals surface area contributed by atoms with Crippen LogP contribution in [-0.4, -0.2) is 60.5 Å². The molecule has 0 radical (unpaired) electrons. The molecule has 4 rings (SSSR count). The van der Waals surface area contributed by atoms with Crippen molar-refractivity contribution < 1.29 is 4.79 Å². The van der Waals surface area contributed by atoms with Crippen molar-refractivity contribution >= 4 is 45.8 Å². The van der Waals surface area contributed by atoms with E-state index in [0.29, 0.717) is 29.6 Å². The average Bonchev–Trinajstić information content (AvgIpc) is 2.81. The normalized spacial score (nSPS) is 15.3. The van der Waals surface area contributed by atoms with Crippen LogP contribution in [0.2, 0.25) is 10.0 Å². The summed E-state index contributed by atoms with van der Waals surface area (Å²) in [4.78, 5) is 26.5. The van der Waals surface area contributed by atoms with Crippen molar-refractivity contribution in [2.75, 3.05) is 44.7 Å². The van der Waals surface area contributed by atoms with E-state index >= 15 is 0 Å². The second-order valence-electron chi connectivity index (χ2n) is 7.65. The first-order valence-corrected chi connectivity index (χ1v) is 11.2. The number of para-hydroxylation sites is 1. The second-order valence-corrected chi connectivity index (χ2v) is 8.46. The van der Waals surface area contributed by atoms with Crippen molar-refractivity contribution in [3.05, 3.63) is 64.4 Å². The minimum absolute atomic E-state index is 0.126. The Morgan fingerprint density at radius 3 is 2.58 bits per heavy atom. The fourth-order valence-corrected chi connectivity index (χ4v) is 4.36. The molecule has 0 spiro atoms. The topological polar surface area (TPSA) is 61.4 Å². The molecule has 1 aliphatic heterocycles. The van der Waals surface area contributed by atoms with Gasteiger partial charge in [0.1, 0.15) is 12.1 Å². The van der Waals surface area contributed by atoms with E-state index in [1.807, 2.05) is 48.3 Å². The number of carbonyl (C=O) groups is 1. The Morgan fingerprint density at radius 2 is 1.84 bits per heavy atom. The van der Waals surface area contributed by atoms with Crippen molar-refractivity contribution in [3.63, 3.8) is 0 Å². The van der Waals surface area contributed by atoms with E-state index in [1.165, 1.54) is 0 Å². The number of halogens is 2. The van der Waals surface area contributed by atoms with Crippen LogP contribution in [0.25, 0.3) is 10.9 Å². The van der Waals surface area contributed by atoms with Crippen molar-refractivity contribution in [1.29, 1.82) is 0 Å². The van der Waals surface area contributed by atoms with Gasteiger partial charge in [0.05, 0.1) is 21.5 Å². The first-order valence-electron chi connectivity index (χ1n) is 10.4. The molecule has 1 N–H and O–H groups in total. The third-order valence-corrected chi connectivity index (χ3v) is 6.48. The quantitative estimate of drug-likeness (QED) is 0.606. The van der Waals surface area contributed by atoms with Crippen LogP contribution in [0.1, 0.15) is 17.9 Å². The second kappa shape index (κ2) is 9.81. The summed E-state index contributed by atoms with van der Waals surface area (Å²) in [7, 11) is 1.89. The molecule has 0 bridgehead atoms. The third-order valence-electron chi connectivity index (χ3n) is 5.74. The lowest BCUT2D eigenvalue weighted by Crippen LogP contribution is -2.50. The van der Waals surface area contributed by atoms with Gasteiger partial charge in [0.2, 0.25) is 5.91 Å². The lowest BCUT2D eigenvalue weighted by molar-refractivity contribution is -0.133. The lowest BCUT2D eigenvalue weighted by atomic mass is 9.93. The summed E-state index contributed by atoms with van der Waals surface area (Å²) in [5.74, 6) is 0.795. The zero-order valence-electron chi connectivity index (χ0n) is 17.4. The monoisotopic (exact) mass is 457 g/mol. The summed E-state index contributed by atoms with van der Waals surface area (Å²) in [5.41, 5.74) is 1.83. The van der Waals surface area contributed by atoms with Crippen molar-refractivity contribution in [1.82, 2.24) is 20.2 Å². The molecule has 1 aromatic heterocycles. The number of aromatic nitrogens is 2. The fourth-order valence-electron chi connectivity index (χ4n) is 4.05. The summed E-state index contributed by atoms with van der Waals surface area (Å²) in [6.07, 6.45) is 2.30. The summed E-state index contributed by atoms with van der Waals surface area (Å²) < 4.78 is 0. The maximum atomic E-state index is 13.4. The van der Waals surface area contributed by atoms with E-state index < -0.39 is 0 Å². The van der Waals surface area contributed by atoms with Crippen LogP contribution in [0.4, 0.5) is 5.82 Å². The molecule has 2 aromatic carbocycles. The molecular weight excluding hydrogens is 433 g/mol. The van der Waals surface area contributed by atoms with Gasteiger partial charge in [-0.25, -0.2) is 9.97 Å². The summed E-state index contributed by atoms with van der Waals surface area (Å²) in [6.45, 7) is 3.49. The van der Waals surface area contributed by atoms with Crippen LogP contribution in [0.3, 0.4) is 0 Å². The first kappa shape index (κ1) is 21.8. The zero-order valence-corrected chi connectivity index (χ0v) is 18.9. The molecule has 1 fully saturated rings. The van der Waals surface area contributed by atoms with Crippen molar-refractivity contribution in [2.45, 2.75) is 12.3 Å². The molecule has 6 nitrogen and oxygen atoms in total. The van der Waals surface area contributed by atoms with Gasteiger partial charge in [0.15, 0.2) is 0 Å². The number of hydrogen-bond donors (Lipinski definition) is 1. The number of piperazine rings is 1. The molecule has 8 heteroatoms. The van der Waals surface area contributed by atoms with E-state index in [0.717, 1.165) is 41.9 Å². The van der Waals surface area contributed by atoms with E-state index in [2.05, 4.69) is 20.2 Å². The molecule has 1 aliphatic rings. The molecule has 0 saturated carbocycles. The predicted molar refractivity (Wildman–Crippen MR) is 126 cm³/mol. The minimum atomic E-state index is -0.256. The third kappa shape index (κ3) is 4.76. The smallest absolute Gasteiger partial charge is 0.230 e. The maximum absolute atomic E-state index is 13.4. The maximum Gasteiger partial charge on any atom is 0.230 e. The highest BCUT2D eigenvalue weighted by Crippen LogP contribution is 2.30. The van der Waals surface area contributed by atoms with Gasteiger partial charge < -0.3 is 15.1 Å². The van der Waals surface area contributed by atoms with Crippen molar-refractivity contribution in [2.24, 2.45) is 0 Å². The zero-order chi connectivity index (χ0) is 21.8. The molecular formula is C23H25Cl2N5O.